The Balaban J connectivity index is 1.78. The van der Waals surface area contributed by atoms with Crippen LogP contribution < -0.4 is 5.32 Å². The number of nitrogens with one attached hydrogen (secondary N) is 1. The summed E-state index contributed by atoms with van der Waals surface area (Å²) in [6.07, 6.45) is 7.75. The first kappa shape index (κ1) is 15.3. The fraction of sp³-hybridized carbons (Fsp3) is 1.00. The zero-order valence-corrected chi connectivity index (χ0v) is 12.8. The topological polar surface area (TPSA) is 35.5 Å². The van der Waals surface area contributed by atoms with E-state index >= 15 is 0 Å². The van der Waals surface area contributed by atoms with Crippen LogP contribution in [0.15, 0.2) is 0 Å². The highest BCUT2D eigenvalue weighted by atomic mass is 16.2. The molecule has 1 aliphatic heterocycles. The molecule has 0 aromatic carbocycles. The SMILES string of the molecule is CC(C)N1CC(CCCO)CC(NCC2CCC2)C1. The fourth-order valence-corrected chi connectivity index (χ4v) is 3.43. The first-order valence-electron chi connectivity index (χ1n) is 8.27. The van der Waals surface area contributed by atoms with Crippen LogP contribution in [0, 0.1) is 11.8 Å². The molecule has 1 saturated carbocycles. The van der Waals surface area contributed by atoms with E-state index in [1.807, 2.05) is 0 Å². The monoisotopic (exact) mass is 268 g/mol. The highest BCUT2D eigenvalue weighted by Crippen LogP contribution is 2.27. The van der Waals surface area contributed by atoms with Crippen LogP contribution in [0.1, 0.15) is 52.4 Å². The lowest BCUT2D eigenvalue weighted by molar-refractivity contribution is 0.0991. The van der Waals surface area contributed by atoms with Gasteiger partial charge in [-0.3, -0.25) is 4.90 Å². The molecule has 3 nitrogen and oxygen atoms in total. The van der Waals surface area contributed by atoms with Crippen molar-refractivity contribution < 1.29 is 5.11 Å². The number of rotatable bonds is 7. The number of hydrogen-bond acceptors (Lipinski definition) is 3. The molecule has 2 unspecified atom stereocenters. The van der Waals surface area contributed by atoms with Gasteiger partial charge in [-0.1, -0.05) is 6.42 Å². The summed E-state index contributed by atoms with van der Waals surface area (Å²) in [7, 11) is 0. The Hall–Kier alpha value is -0.120. The zero-order valence-electron chi connectivity index (χ0n) is 12.8. The average molecular weight is 268 g/mol. The quantitative estimate of drug-likeness (QED) is 0.743. The van der Waals surface area contributed by atoms with Crippen molar-refractivity contribution in [2.45, 2.75) is 64.5 Å². The number of likely N-dealkylation sites (tertiary alicyclic amines) is 1. The van der Waals surface area contributed by atoms with Crippen LogP contribution in [0.2, 0.25) is 0 Å². The number of aliphatic hydroxyl groups excluding tert-OH is 1. The number of nitrogens with zero attached hydrogens (tertiary/aromatic N) is 1. The molecule has 1 heterocycles. The van der Waals surface area contributed by atoms with E-state index in [9.17, 15) is 0 Å². The van der Waals surface area contributed by atoms with Crippen LogP contribution >= 0.6 is 0 Å². The standard InChI is InChI=1S/C16H32N2O/c1-13(2)18-11-15(7-4-8-19)9-16(12-18)17-10-14-5-3-6-14/h13-17,19H,3-12H2,1-2H3. The highest BCUT2D eigenvalue weighted by Gasteiger charge is 2.29. The van der Waals surface area contributed by atoms with Crippen molar-refractivity contribution >= 4 is 0 Å². The van der Waals surface area contributed by atoms with Crippen molar-refractivity contribution in [1.82, 2.24) is 10.2 Å². The van der Waals surface area contributed by atoms with E-state index in [0.29, 0.717) is 18.7 Å². The fourth-order valence-electron chi connectivity index (χ4n) is 3.43. The van der Waals surface area contributed by atoms with Gasteiger partial charge in [0.2, 0.25) is 0 Å². The molecule has 2 N–H and O–H groups in total. The van der Waals surface area contributed by atoms with E-state index in [-0.39, 0.29) is 0 Å². The molecular weight excluding hydrogens is 236 g/mol. The van der Waals surface area contributed by atoms with E-state index < -0.39 is 0 Å². The van der Waals surface area contributed by atoms with E-state index in [2.05, 4.69) is 24.1 Å². The minimum Gasteiger partial charge on any atom is -0.396 e. The molecule has 2 aliphatic rings. The van der Waals surface area contributed by atoms with E-state index in [4.69, 9.17) is 5.11 Å². The minimum absolute atomic E-state index is 0.346. The molecule has 19 heavy (non-hydrogen) atoms. The predicted molar refractivity (Wildman–Crippen MR) is 80.3 cm³/mol. The van der Waals surface area contributed by atoms with E-state index in [1.54, 1.807) is 0 Å². The van der Waals surface area contributed by atoms with Crippen molar-refractivity contribution in [3.05, 3.63) is 0 Å². The van der Waals surface area contributed by atoms with Gasteiger partial charge < -0.3 is 10.4 Å². The average Bonchev–Trinajstić information content (AvgIpc) is 2.34. The molecule has 0 bridgehead atoms. The molecular formula is C16H32N2O. The van der Waals surface area contributed by atoms with Gasteiger partial charge in [0.05, 0.1) is 0 Å². The maximum atomic E-state index is 9.02. The van der Waals surface area contributed by atoms with E-state index in [1.165, 1.54) is 51.7 Å². The van der Waals surface area contributed by atoms with Gasteiger partial charge in [-0.25, -0.2) is 0 Å². The summed E-state index contributed by atoms with van der Waals surface area (Å²) in [5.41, 5.74) is 0. The molecule has 3 heteroatoms. The Morgan fingerprint density at radius 1 is 1.21 bits per heavy atom. The summed E-state index contributed by atoms with van der Waals surface area (Å²) in [6, 6.07) is 1.31. The third kappa shape index (κ3) is 4.73. The summed E-state index contributed by atoms with van der Waals surface area (Å²) in [6.45, 7) is 8.61. The maximum Gasteiger partial charge on any atom is 0.0431 e. The van der Waals surface area contributed by atoms with Crippen LogP contribution in [-0.4, -0.2) is 48.3 Å². The Kier molecular flexibility index (Phi) is 6.11. The van der Waals surface area contributed by atoms with Crippen LogP contribution in [0.5, 0.6) is 0 Å². The zero-order chi connectivity index (χ0) is 13.7. The molecule has 0 spiro atoms. The number of hydrogen-bond donors (Lipinski definition) is 2. The molecule has 0 aromatic rings. The lowest BCUT2D eigenvalue weighted by atomic mass is 9.84. The van der Waals surface area contributed by atoms with Crippen LogP contribution in [0.25, 0.3) is 0 Å². The predicted octanol–water partition coefficient (Wildman–Crippen LogP) is 2.25. The lowest BCUT2D eigenvalue weighted by Crippen LogP contribution is -2.52. The Bertz CT molecular complexity index is 253. The number of aliphatic hydroxyl groups is 1. The Labute approximate surface area is 118 Å². The summed E-state index contributed by atoms with van der Waals surface area (Å²) >= 11 is 0. The van der Waals surface area contributed by atoms with Crippen molar-refractivity contribution in [2.75, 3.05) is 26.2 Å². The van der Waals surface area contributed by atoms with Crippen LogP contribution in [0.3, 0.4) is 0 Å². The van der Waals surface area contributed by atoms with Crippen molar-refractivity contribution in [1.29, 1.82) is 0 Å². The number of piperidine rings is 1. The molecule has 2 fully saturated rings. The summed E-state index contributed by atoms with van der Waals surface area (Å²) in [5, 5.41) is 12.8. The van der Waals surface area contributed by atoms with Crippen molar-refractivity contribution in [3.8, 4) is 0 Å². The normalized spacial score (nSPS) is 29.7. The minimum atomic E-state index is 0.346. The summed E-state index contributed by atoms with van der Waals surface area (Å²) < 4.78 is 0. The van der Waals surface area contributed by atoms with Gasteiger partial charge >= 0.3 is 0 Å². The summed E-state index contributed by atoms with van der Waals surface area (Å²) in [4.78, 5) is 2.62. The van der Waals surface area contributed by atoms with Gasteiger partial charge in [0.1, 0.15) is 0 Å². The second-order valence-corrected chi connectivity index (χ2v) is 6.92. The lowest BCUT2D eigenvalue weighted by Gasteiger charge is -2.41. The van der Waals surface area contributed by atoms with Gasteiger partial charge in [-0.05, 0) is 64.3 Å². The Morgan fingerprint density at radius 2 is 2.00 bits per heavy atom. The second kappa shape index (κ2) is 7.61. The first-order valence-corrected chi connectivity index (χ1v) is 8.27. The molecule has 0 radical (unpaired) electrons. The highest BCUT2D eigenvalue weighted by molar-refractivity contribution is 4.86. The maximum absolute atomic E-state index is 9.02. The third-order valence-electron chi connectivity index (χ3n) is 4.99. The van der Waals surface area contributed by atoms with Gasteiger partial charge in [0.25, 0.3) is 0 Å². The van der Waals surface area contributed by atoms with E-state index in [0.717, 1.165) is 18.3 Å². The Morgan fingerprint density at radius 3 is 2.58 bits per heavy atom. The van der Waals surface area contributed by atoms with Crippen LogP contribution in [-0.2, 0) is 0 Å². The first-order chi connectivity index (χ1) is 9.19. The van der Waals surface area contributed by atoms with Crippen LogP contribution in [0.4, 0.5) is 0 Å². The molecule has 1 saturated heterocycles. The largest absolute Gasteiger partial charge is 0.396 e. The summed E-state index contributed by atoms with van der Waals surface area (Å²) in [5.74, 6) is 1.72. The third-order valence-corrected chi connectivity index (χ3v) is 4.99. The molecule has 0 aromatic heterocycles. The smallest absolute Gasteiger partial charge is 0.0431 e. The molecule has 112 valence electrons. The van der Waals surface area contributed by atoms with Crippen molar-refractivity contribution in [2.24, 2.45) is 11.8 Å². The van der Waals surface area contributed by atoms with Gasteiger partial charge in [-0.2, -0.15) is 0 Å². The molecule has 1 aliphatic carbocycles. The van der Waals surface area contributed by atoms with Gasteiger partial charge in [0.15, 0.2) is 0 Å². The molecule has 2 atom stereocenters. The molecule has 2 rings (SSSR count). The van der Waals surface area contributed by atoms with Gasteiger partial charge in [-0.15, -0.1) is 0 Å². The van der Waals surface area contributed by atoms with Gasteiger partial charge in [0, 0.05) is 31.8 Å². The second-order valence-electron chi connectivity index (χ2n) is 6.92. The molecule has 0 amide bonds. The van der Waals surface area contributed by atoms with Crippen molar-refractivity contribution in [3.63, 3.8) is 0 Å².